The highest BCUT2D eigenvalue weighted by molar-refractivity contribution is 5.92. The van der Waals surface area contributed by atoms with Crippen LogP contribution in [0.3, 0.4) is 0 Å². The van der Waals surface area contributed by atoms with Crippen LogP contribution in [0.15, 0.2) is 85.1 Å². The molecule has 0 saturated heterocycles. The Balaban J connectivity index is 1.84. The third-order valence-electron chi connectivity index (χ3n) is 4.66. The van der Waals surface area contributed by atoms with Gasteiger partial charge in [0.1, 0.15) is 12.4 Å². The zero-order valence-electron chi connectivity index (χ0n) is 16.4. The van der Waals surface area contributed by atoms with Gasteiger partial charge in [0.15, 0.2) is 11.4 Å². The Morgan fingerprint density at radius 1 is 1.00 bits per heavy atom. The zero-order chi connectivity index (χ0) is 20.9. The van der Waals surface area contributed by atoms with Gasteiger partial charge in [0.2, 0.25) is 0 Å². The quantitative estimate of drug-likeness (QED) is 0.481. The normalized spacial score (nSPS) is 10.6. The van der Waals surface area contributed by atoms with Crippen molar-refractivity contribution < 1.29 is 19.4 Å². The van der Waals surface area contributed by atoms with Crippen molar-refractivity contribution in [3.63, 3.8) is 0 Å². The van der Waals surface area contributed by atoms with E-state index in [1.165, 1.54) is 0 Å². The van der Waals surface area contributed by atoms with E-state index in [0.29, 0.717) is 22.8 Å². The predicted octanol–water partition coefficient (Wildman–Crippen LogP) is 4.83. The van der Waals surface area contributed by atoms with Crippen molar-refractivity contribution in [3.8, 4) is 28.6 Å². The van der Waals surface area contributed by atoms with Crippen molar-refractivity contribution in [2.45, 2.75) is 6.61 Å². The van der Waals surface area contributed by atoms with E-state index in [9.17, 15) is 9.90 Å². The minimum Gasteiger partial charge on any atom is -0.497 e. The molecule has 0 aliphatic heterocycles. The first-order chi connectivity index (χ1) is 14.7. The van der Waals surface area contributed by atoms with Crippen molar-refractivity contribution in [2.24, 2.45) is 0 Å². The molecular weight excluding hydrogens is 380 g/mol. The van der Waals surface area contributed by atoms with E-state index in [0.717, 1.165) is 5.56 Å². The first-order valence-corrected chi connectivity index (χ1v) is 9.39. The van der Waals surface area contributed by atoms with Gasteiger partial charge < -0.3 is 14.6 Å². The van der Waals surface area contributed by atoms with Crippen LogP contribution in [-0.2, 0) is 6.61 Å². The number of nitrogens with zero attached hydrogens (tertiary/aromatic N) is 2. The highest BCUT2D eigenvalue weighted by atomic mass is 16.5. The molecule has 0 fully saturated rings. The van der Waals surface area contributed by atoms with Gasteiger partial charge in [0.05, 0.1) is 18.5 Å². The summed E-state index contributed by atoms with van der Waals surface area (Å²) in [7, 11) is 1.59. The van der Waals surface area contributed by atoms with Crippen LogP contribution in [0.4, 0.5) is 0 Å². The van der Waals surface area contributed by atoms with Gasteiger partial charge in [-0.3, -0.25) is 9.55 Å². The number of hydrogen-bond acceptors (Lipinski definition) is 4. The van der Waals surface area contributed by atoms with Gasteiger partial charge in [-0.1, -0.05) is 36.4 Å². The molecule has 0 saturated carbocycles. The first-order valence-electron chi connectivity index (χ1n) is 9.39. The molecule has 0 aliphatic rings. The van der Waals surface area contributed by atoms with Crippen LogP contribution < -0.4 is 9.47 Å². The number of hydrogen-bond donors (Lipinski definition) is 1. The second-order valence-electron chi connectivity index (χ2n) is 6.57. The highest BCUT2D eigenvalue weighted by Gasteiger charge is 2.25. The number of aromatic carboxylic acids is 1. The first kappa shape index (κ1) is 19.3. The average molecular weight is 400 g/mol. The number of pyridine rings is 1. The van der Waals surface area contributed by atoms with Crippen molar-refractivity contribution in [3.05, 3.63) is 96.3 Å². The molecule has 0 amide bonds. The van der Waals surface area contributed by atoms with Gasteiger partial charge >= 0.3 is 5.97 Å². The van der Waals surface area contributed by atoms with Crippen LogP contribution in [-0.4, -0.2) is 27.7 Å². The maximum absolute atomic E-state index is 12.2. The summed E-state index contributed by atoms with van der Waals surface area (Å²) in [4.78, 5) is 16.7. The Bertz CT molecular complexity index is 1140. The molecule has 30 heavy (non-hydrogen) atoms. The monoisotopic (exact) mass is 400 g/mol. The molecule has 2 aromatic heterocycles. The number of carbonyl (C=O) groups is 1. The fourth-order valence-corrected chi connectivity index (χ4v) is 3.24. The Hall–Kier alpha value is -4.06. The van der Waals surface area contributed by atoms with Crippen LogP contribution in [0.2, 0.25) is 0 Å². The molecule has 0 spiro atoms. The summed E-state index contributed by atoms with van der Waals surface area (Å²) >= 11 is 0. The third kappa shape index (κ3) is 3.89. The van der Waals surface area contributed by atoms with E-state index in [1.807, 2.05) is 48.5 Å². The van der Waals surface area contributed by atoms with Crippen LogP contribution in [0, 0.1) is 0 Å². The lowest BCUT2D eigenvalue weighted by molar-refractivity contribution is 0.0683. The van der Waals surface area contributed by atoms with Crippen LogP contribution in [0.1, 0.15) is 16.1 Å². The molecule has 1 N–H and O–H groups in total. The van der Waals surface area contributed by atoms with Crippen molar-refractivity contribution in [1.82, 2.24) is 9.55 Å². The minimum absolute atomic E-state index is 0.0387. The van der Waals surface area contributed by atoms with Crippen LogP contribution in [0.25, 0.3) is 17.1 Å². The molecule has 4 rings (SSSR count). The van der Waals surface area contributed by atoms with E-state index >= 15 is 0 Å². The largest absolute Gasteiger partial charge is 0.497 e. The maximum atomic E-state index is 12.2. The second kappa shape index (κ2) is 8.53. The smallest absolute Gasteiger partial charge is 0.356 e. The molecule has 4 aromatic rings. The molecule has 6 heteroatoms. The highest BCUT2D eigenvalue weighted by Crippen LogP contribution is 2.34. The number of carboxylic acids is 1. The Morgan fingerprint density at radius 3 is 2.37 bits per heavy atom. The third-order valence-corrected chi connectivity index (χ3v) is 4.66. The summed E-state index contributed by atoms with van der Waals surface area (Å²) in [6.07, 6.45) is 1.67. The van der Waals surface area contributed by atoms with E-state index in [-0.39, 0.29) is 18.1 Å². The van der Waals surface area contributed by atoms with E-state index in [2.05, 4.69) is 4.98 Å². The Morgan fingerprint density at radius 2 is 1.73 bits per heavy atom. The summed E-state index contributed by atoms with van der Waals surface area (Å²) in [6.45, 7) is 0.259. The lowest BCUT2D eigenvalue weighted by Gasteiger charge is -2.12. The molecular formula is C24H20N2O4. The van der Waals surface area contributed by atoms with Gasteiger partial charge in [0, 0.05) is 18.0 Å². The van der Waals surface area contributed by atoms with E-state index in [4.69, 9.17) is 9.47 Å². The van der Waals surface area contributed by atoms with Crippen LogP contribution in [0.5, 0.6) is 11.5 Å². The second-order valence-corrected chi connectivity index (χ2v) is 6.57. The Kier molecular flexibility index (Phi) is 5.48. The number of aromatic nitrogens is 2. The molecule has 0 atom stereocenters. The SMILES string of the molecule is COc1ccc(-n2c(-c3ccccn3)cc(OCc3ccccc3)c2C(=O)O)cc1. The molecule has 0 unspecified atom stereocenters. The summed E-state index contributed by atoms with van der Waals surface area (Å²) in [5.41, 5.74) is 2.93. The lowest BCUT2D eigenvalue weighted by Crippen LogP contribution is -2.10. The molecule has 150 valence electrons. The molecule has 0 aliphatic carbocycles. The number of benzene rings is 2. The molecule has 2 heterocycles. The number of rotatable bonds is 7. The maximum Gasteiger partial charge on any atom is 0.356 e. The van der Waals surface area contributed by atoms with Crippen LogP contribution >= 0.6 is 0 Å². The summed E-state index contributed by atoms with van der Waals surface area (Å²) < 4.78 is 12.8. The van der Waals surface area contributed by atoms with Gasteiger partial charge in [0.25, 0.3) is 0 Å². The molecule has 6 nitrogen and oxygen atoms in total. The average Bonchev–Trinajstić information content (AvgIpc) is 3.19. The van der Waals surface area contributed by atoms with Gasteiger partial charge in [-0.15, -0.1) is 0 Å². The van der Waals surface area contributed by atoms with E-state index < -0.39 is 5.97 Å². The topological polar surface area (TPSA) is 73.6 Å². The summed E-state index contributed by atoms with van der Waals surface area (Å²) in [6, 6.07) is 24.0. The van der Waals surface area contributed by atoms with Gasteiger partial charge in [-0.05, 0) is 42.0 Å². The summed E-state index contributed by atoms with van der Waals surface area (Å²) in [5, 5.41) is 10.0. The van der Waals surface area contributed by atoms with Crippen molar-refractivity contribution >= 4 is 5.97 Å². The fraction of sp³-hybridized carbons (Fsp3) is 0.0833. The molecule has 2 aromatic carbocycles. The number of carboxylic acid groups (broad SMARTS) is 1. The predicted molar refractivity (Wildman–Crippen MR) is 113 cm³/mol. The molecule has 0 bridgehead atoms. The number of ether oxygens (including phenoxy) is 2. The van der Waals surface area contributed by atoms with Crippen molar-refractivity contribution in [2.75, 3.05) is 7.11 Å². The van der Waals surface area contributed by atoms with Gasteiger partial charge in [-0.25, -0.2) is 4.79 Å². The lowest BCUT2D eigenvalue weighted by atomic mass is 10.2. The van der Waals surface area contributed by atoms with Crippen molar-refractivity contribution in [1.29, 1.82) is 0 Å². The van der Waals surface area contributed by atoms with Gasteiger partial charge in [-0.2, -0.15) is 0 Å². The minimum atomic E-state index is -1.09. The van der Waals surface area contributed by atoms with E-state index in [1.54, 1.807) is 48.2 Å². The zero-order valence-corrected chi connectivity index (χ0v) is 16.4. The number of methoxy groups -OCH3 is 1. The molecule has 0 radical (unpaired) electrons. The Labute approximate surface area is 174 Å². The fourth-order valence-electron chi connectivity index (χ4n) is 3.24. The standard InChI is InChI=1S/C24H20N2O4/c1-29-19-12-10-18(11-13-19)26-21(20-9-5-6-14-25-20)15-22(23(26)24(27)28)30-16-17-7-3-2-4-8-17/h2-15H,16H2,1H3,(H,27,28). The summed E-state index contributed by atoms with van der Waals surface area (Å²) in [5.74, 6) is -0.124.